The van der Waals surface area contributed by atoms with Gasteiger partial charge in [0.15, 0.2) is 6.10 Å². The molecule has 4 atom stereocenters. The zero-order valence-corrected chi connectivity index (χ0v) is 12.8. The summed E-state index contributed by atoms with van der Waals surface area (Å²) in [6.45, 7) is 0.102. The van der Waals surface area contributed by atoms with Crippen LogP contribution in [0, 0.1) is 0 Å². The molecule has 1 heterocycles. The lowest BCUT2D eigenvalue weighted by Gasteiger charge is -2.23. The van der Waals surface area contributed by atoms with E-state index in [1.165, 1.54) is 19.1 Å². The summed E-state index contributed by atoms with van der Waals surface area (Å²) < 4.78 is 15.5. The van der Waals surface area contributed by atoms with Gasteiger partial charge in [-0.15, -0.1) is 0 Å². The summed E-state index contributed by atoms with van der Waals surface area (Å²) in [6, 6.07) is 6.96. The minimum atomic E-state index is -1.29. The van der Waals surface area contributed by atoms with Gasteiger partial charge in [-0.05, 0) is 12.1 Å². The first-order valence-corrected chi connectivity index (χ1v) is 6.91. The Balaban J connectivity index is 2.13. The average Bonchev–Trinajstić information content (AvgIpc) is 2.82. The number of rotatable bonds is 5. The topological polar surface area (TPSA) is 88.5 Å². The number of hydrogen-bond donors (Lipinski definition) is 2. The van der Waals surface area contributed by atoms with Crippen molar-refractivity contribution in [3.8, 4) is 5.75 Å². The fraction of sp³-hybridized carbons (Fsp3) is 0.533. The molecule has 22 heavy (non-hydrogen) atoms. The number of hydrogen-bond acceptors (Lipinski definition) is 6. The number of anilines is 1. The summed E-state index contributed by atoms with van der Waals surface area (Å²) in [4.78, 5) is 13.9. The molecule has 1 saturated heterocycles. The van der Waals surface area contributed by atoms with Gasteiger partial charge in [-0.1, -0.05) is 6.07 Å². The molecule has 1 fully saturated rings. The predicted octanol–water partition coefficient (Wildman–Crippen LogP) is -0.206. The van der Waals surface area contributed by atoms with Crippen molar-refractivity contribution in [2.24, 2.45) is 0 Å². The maximum Gasteiger partial charge on any atom is 0.258 e. The van der Waals surface area contributed by atoms with Crippen LogP contribution in [0.3, 0.4) is 0 Å². The normalized spacial score (nSPS) is 27.7. The van der Waals surface area contributed by atoms with Crippen LogP contribution in [0.15, 0.2) is 24.3 Å². The Kier molecular flexibility index (Phi) is 5.36. The van der Waals surface area contributed by atoms with E-state index < -0.39 is 30.3 Å². The van der Waals surface area contributed by atoms with Crippen LogP contribution >= 0.6 is 0 Å². The van der Waals surface area contributed by atoms with E-state index in [1.807, 2.05) is 0 Å². The van der Waals surface area contributed by atoms with Gasteiger partial charge in [0.25, 0.3) is 5.91 Å². The lowest BCUT2D eigenvalue weighted by Crippen LogP contribution is -2.43. The van der Waals surface area contributed by atoms with Gasteiger partial charge in [-0.2, -0.15) is 0 Å². The number of carbonyl (C=O) groups is 1. The molecule has 1 aromatic carbocycles. The second-order valence-corrected chi connectivity index (χ2v) is 5.13. The number of amides is 1. The Labute approximate surface area is 129 Å². The molecule has 122 valence electrons. The van der Waals surface area contributed by atoms with Crippen molar-refractivity contribution in [2.45, 2.75) is 24.4 Å². The third-order valence-electron chi connectivity index (χ3n) is 3.71. The molecule has 0 spiro atoms. The molecule has 0 bridgehead atoms. The highest BCUT2D eigenvalue weighted by Gasteiger charge is 2.47. The van der Waals surface area contributed by atoms with Gasteiger partial charge >= 0.3 is 0 Å². The second-order valence-electron chi connectivity index (χ2n) is 5.13. The van der Waals surface area contributed by atoms with Gasteiger partial charge in [-0.3, -0.25) is 4.79 Å². The molecule has 7 nitrogen and oxygen atoms in total. The number of benzene rings is 1. The highest BCUT2D eigenvalue weighted by Crippen LogP contribution is 2.26. The number of ether oxygens (including phenoxy) is 3. The Morgan fingerprint density at radius 2 is 2.05 bits per heavy atom. The standard InChI is InChI=1S/C15H21NO6/c1-16(9-5-4-6-10(7-9)21-3)15(19)14-13(18)12(17)11(22-14)8-20-2/h4-7,11-14,17-18H,8H2,1-3H3/t11-,12-,13-,14?/m1/s1. The third kappa shape index (κ3) is 3.22. The number of aliphatic hydroxyl groups is 2. The van der Waals surface area contributed by atoms with E-state index in [-0.39, 0.29) is 6.61 Å². The summed E-state index contributed by atoms with van der Waals surface area (Å²) in [5, 5.41) is 19.9. The van der Waals surface area contributed by atoms with E-state index in [0.29, 0.717) is 11.4 Å². The van der Waals surface area contributed by atoms with E-state index in [4.69, 9.17) is 14.2 Å². The van der Waals surface area contributed by atoms with Crippen molar-refractivity contribution in [2.75, 3.05) is 32.8 Å². The van der Waals surface area contributed by atoms with Crippen molar-refractivity contribution in [1.29, 1.82) is 0 Å². The second kappa shape index (κ2) is 7.06. The Morgan fingerprint density at radius 3 is 2.68 bits per heavy atom. The summed E-state index contributed by atoms with van der Waals surface area (Å²) >= 11 is 0. The molecule has 1 unspecified atom stereocenters. The first kappa shape index (κ1) is 16.7. The molecular weight excluding hydrogens is 290 g/mol. The highest BCUT2D eigenvalue weighted by molar-refractivity contribution is 5.97. The molecule has 1 aliphatic heterocycles. The maximum absolute atomic E-state index is 12.5. The van der Waals surface area contributed by atoms with Crippen molar-refractivity contribution < 1.29 is 29.2 Å². The van der Waals surface area contributed by atoms with Crippen LogP contribution in [0.25, 0.3) is 0 Å². The summed E-state index contributed by atoms with van der Waals surface area (Å²) in [6.07, 6.45) is -4.31. The monoisotopic (exact) mass is 311 g/mol. The average molecular weight is 311 g/mol. The number of carbonyl (C=O) groups excluding carboxylic acids is 1. The van der Waals surface area contributed by atoms with E-state index in [0.717, 1.165) is 0 Å². The van der Waals surface area contributed by atoms with Gasteiger partial charge in [0.05, 0.1) is 13.7 Å². The fourth-order valence-corrected chi connectivity index (χ4v) is 2.39. The molecule has 2 N–H and O–H groups in total. The van der Waals surface area contributed by atoms with Crippen LogP contribution in [-0.2, 0) is 14.3 Å². The number of methoxy groups -OCH3 is 2. The zero-order chi connectivity index (χ0) is 16.3. The van der Waals surface area contributed by atoms with Crippen LogP contribution in [-0.4, -0.2) is 68.4 Å². The van der Waals surface area contributed by atoms with E-state index in [9.17, 15) is 15.0 Å². The minimum absolute atomic E-state index is 0.102. The highest BCUT2D eigenvalue weighted by atomic mass is 16.6. The SMILES string of the molecule is COC[C@H]1OC(C(=O)N(C)c2cccc(OC)c2)[C@H](O)[C@@H]1O. The summed E-state index contributed by atoms with van der Waals surface area (Å²) in [5.41, 5.74) is 0.602. The van der Waals surface area contributed by atoms with Gasteiger partial charge < -0.3 is 29.3 Å². The van der Waals surface area contributed by atoms with Crippen molar-refractivity contribution in [3.05, 3.63) is 24.3 Å². The molecule has 1 amide bonds. The van der Waals surface area contributed by atoms with Crippen molar-refractivity contribution >= 4 is 11.6 Å². The summed E-state index contributed by atoms with van der Waals surface area (Å²) in [7, 11) is 4.57. The van der Waals surface area contributed by atoms with Gasteiger partial charge in [0.1, 0.15) is 24.1 Å². The molecule has 1 aromatic rings. The number of likely N-dealkylation sites (N-methyl/N-ethyl adjacent to an activating group) is 1. The van der Waals surface area contributed by atoms with Crippen LogP contribution in [0.2, 0.25) is 0 Å². The van der Waals surface area contributed by atoms with Crippen LogP contribution in [0.5, 0.6) is 5.75 Å². The van der Waals surface area contributed by atoms with E-state index >= 15 is 0 Å². The predicted molar refractivity (Wildman–Crippen MR) is 79.0 cm³/mol. The van der Waals surface area contributed by atoms with Crippen LogP contribution in [0.4, 0.5) is 5.69 Å². The lowest BCUT2D eigenvalue weighted by molar-refractivity contribution is -0.133. The molecule has 0 aromatic heterocycles. The smallest absolute Gasteiger partial charge is 0.258 e. The van der Waals surface area contributed by atoms with Crippen LogP contribution < -0.4 is 9.64 Å². The molecular formula is C15H21NO6. The minimum Gasteiger partial charge on any atom is -0.497 e. The van der Waals surface area contributed by atoms with Gasteiger partial charge in [-0.25, -0.2) is 0 Å². The Bertz CT molecular complexity index is 523. The maximum atomic E-state index is 12.5. The van der Waals surface area contributed by atoms with Crippen LogP contribution in [0.1, 0.15) is 0 Å². The molecule has 7 heteroatoms. The van der Waals surface area contributed by atoms with Gasteiger partial charge in [0, 0.05) is 25.9 Å². The third-order valence-corrected chi connectivity index (χ3v) is 3.71. The summed E-state index contributed by atoms with van der Waals surface area (Å²) in [5.74, 6) is 0.167. The number of nitrogens with zero attached hydrogens (tertiary/aromatic N) is 1. The van der Waals surface area contributed by atoms with E-state index in [2.05, 4.69) is 0 Å². The lowest BCUT2D eigenvalue weighted by atomic mass is 10.1. The Morgan fingerprint density at radius 1 is 1.32 bits per heavy atom. The van der Waals surface area contributed by atoms with Gasteiger partial charge in [0.2, 0.25) is 0 Å². The first-order valence-electron chi connectivity index (χ1n) is 6.91. The molecule has 0 radical (unpaired) electrons. The quantitative estimate of drug-likeness (QED) is 0.782. The van der Waals surface area contributed by atoms with Crippen molar-refractivity contribution in [1.82, 2.24) is 0 Å². The largest absolute Gasteiger partial charge is 0.497 e. The fourth-order valence-electron chi connectivity index (χ4n) is 2.39. The zero-order valence-electron chi connectivity index (χ0n) is 12.8. The number of aliphatic hydroxyl groups excluding tert-OH is 2. The van der Waals surface area contributed by atoms with Crippen molar-refractivity contribution in [3.63, 3.8) is 0 Å². The molecule has 2 rings (SSSR count). The molecule has 0 aliphatic carbocycles. The first-order chi connectivity index (χ1) is 10.5. The Hall–Kier alpha value is -1.67. The molecule has 0 saturated carbocycles. The molecule has 1 aliphatic rings. The van der Waals surface area contributed by atoms with E-state index in [1.54, 1.807) is 31.3 Å².